The van der Waals surface area contributed by atoms with Gasteiger partial charge in [0.2, 0.25) is 5.79 Å². The highest BCUT2D eigenvalue weighted by Gasteiger charge is 2.63. The zero-order valence-electron chi connectivity index (χ0n) is 33.5. The molecule has 10 heteroatoms. The second kappa shape index (κ2) is 15.1. The van der Waals surface area contributed by atoms with Gasteiger partial charge >= 0.3 is 0 Å². The van der Waals surface area contributed by atoms with Crippen molar-refractivity contribution in [2.75, 3.05) is 0 Å². The molecular weight excluding hydrogens is 660 g/mol. The summed E-state index contributed by atoms with van der Waals surface area (Å²) in [6, 6.07) is 0. The lowest BCUT2D eigenvalue weighted by atomic mass is 9.76. The van der Waals surface area contributed by atoms with E-state index in [2.05, 4.69) is 60.5 Å². The van der Waals surface area contributed by atoms with Crippen LogP contribution in [0.15, 0.2) is 12.2 Å². The number of nitrogens with one attached hydrogen (secondary N) is 1. The molecule has 0 unspecified atom stereocenters. The quantitative estimate of drug-likeness (QED) is 0.167. The highest BCUT2D eigenvalue weighted by atomic mass is 16.8. The smallest absolute Gasteiger partial charge is 0.202 e. The van der Waals surface area contributed by atoms with Gasteiger partial charge in [0.1, 0.15) is 12.4 Å². The molecule has 0 saturated carbocycles. The Labute approximate surface area is 312 Å². The molecule has 3 N–H and O–H groups in total. The zero-order chi connectivity index (χ0) is 37.8. The van der Waals surface area contributed by atoms with Crippen LogP contribution in [-0.2, 0) is 28.5 Å². The molecule has 10 nitrogen and oxygen atoms in total. The van der Waals surface area contributed by atoms with E-state index in [4.69, 9.17) is 28.8 Å². The monoisotopic (exact) mass is 728 g/mol. The molecule has 6 heterocycles. The molecule has 0 amide bonds. The van der Waals surface area contributed by atoms with Crippen molar-refractivity contribution in [1.29, 1.82) is 0 Å². The van der Waals surface area contributed by atoms with Crippen LogP contribution in [0, 0.1) is 30.6 Å². The molecule has 0 aliphatic carbocycles. The lowest BCUT2D eigenvalue weighted by molar-refractivity contribution is -0.408. The van der Waals surface area contributed by atoms with Crippen LogP contribution in [-0.4, -0.2) is 86.1 Å². The molecule has 5 aliphatic rings. The second-order valence-electron chi connectivity index (χ2n) is 17.7. The SMILES string of the molecule is CC[C@@H](C=O)[C@H]1CC[C@H](C)[C@H]([C@@H](C)c2[nH]nc([C@H](CC)[C@H]3O[C@]4(C=C[C@@H](O)[C@]5(CC[C@@](C)([C@H]6CC[C@](O)(CC)[C@H](C)O6)O5)O4)[C@H](C)C[C@@H]3C)c2C)O1. The van der Waals surface area contributed by atoms with E-state index in [9.17, 15) is 15.0 Å². The Balaban J connectivity index is 1.22. The highest BCUT2D eigenvalue weighted by Crippen LogP contribution is 2.54. The van der Waals surface area contributed by atoms with Gasteiger partial charge in [0.25, 0.3) is 0 Å². The molecule has 4 saturated heterocycles. The topological polar surface area (TPSA) is 132 Å². The van der Waals surface area contributed by atoms with Crippen LogP contribution < -0.4 is 0 Å². The fourth-order valence-electron chi connectivity index (χ4n) is 10.6. The van der Waals surface area contributed by atoms with Crippen LogP contribution in [0.25, 0.3) is 0 Å². The number of carbonyl (C=O) groups excluding carboxylic acids is 1. The van der Waals surface area contributed by atoms with Gasteiger partial charge in [-0.3, -0.25) is 5.10 Å². The van der Waals surface area contributed by atoms with Gasteiger partial charge in [0, 0.05) is 35.8 Å². The van der Waals surface area contributed by atoms with E-state index in [1.807, 2.05) is 26.0 Å². The number of H-pyrrole nitrogens is 1. The van der Waals surface area contributed by atoms with Crippen molar-refractivity contribution in [3.63, 3.8) is 0 Å². The fourth-order valence-corrected chi connectivity index (χ4v) is 10.6. The molecule has 0 bridgehead atoms. The minimum Gasteiger partial charge on any atom is -0.387 e. The summed E-state index contributed by atoms with van der Waals surface area (Å²) in [5.74, 6) is -1.69. The van der Waals surface area contributed by atoms with Crippen LogP contribution in [0.4, 0.5) is 0 Å². The number of rotatable bonds is 10. The normalized spacial score (nSPS) is 45.7. The first-order chi connectivity index (χ1) is 24.6. The molecule has 294 valence electrons. The Morgan fingerprint density at radius 3 is 2.40 bits per heavy atom. The molecule has 5 aliphatic heterocycles. The van der Waals surface area contributed by atoms with Crippen LogP contribution in [0.3, 0.4) is 0 Å². The summed E-state index contributed by atoms with van der Waals surface area (Å²) in [5.41, 5.74) is 1.72. The van der Waals surface area contributed by atoms with Crippen molar-refractivity contribution in [2.24, 2.45) is 23.7 Å². The van der Waals surface area contributed by atoms with Crippen LogP contribution in [0.1, 0.15) is 155 Å². The predicted molar refractivity (Wildman–Crippen MR) is 199 cm³/mol. The molecule has 16 atom stereocenters. The van der Waals surface area contributed by atoms with Gasteiger partial charge < -0.3 is 38.7 Å². The van der Waals surface area contributed by atoms with E-state index in [1.54, 1.807) is 0 Å². The van der Waals surface area contributed by atoms with E-state index in [0.29, 0.717) is 38.0 Å². The third-order valence-electron chi connectivity index (χ3n) is 14.4. The Morgan fingerprint density at radius 1 is 1.00 bits per heavy atom. The largest absolute Gasteiger partial charge is 0.387 e. The molecule has 6 rings (SSSR count). The summed E-state index contributed by atoms with van der Waals surface area (Å²) in [6.07, 6.45) is 10.7. The van der Waals surface area contributed by atoms with Gasteiger partial charge in [-0.15, -0.1) is 0 Å². The first-order valence-corrected chi connectivity index (χ1v) is 20.6. The Kier molecular flexibility index (Phi) is 11.6. The Bertz CT molecular complexity index is 1430. The maximum atomic E-state index is 11.8. The summed E-state index contributed by atoms with van der Waals surface area (Å²) >= 11 is 0. The van der Waals surface area contributed by atoms with Gasteiger partial charge in [0.05, 0.1) is 47.4 Å². The minimum atomic E-state index is -1.27. The number of ether oxygens (including phenoxy) is 5. The average molecular weight is 729 g/mol. The molecular formula is C42H68N2O8. The summed E-state index contributed by atoms with van der Waals surface area (Å²) < 4.78 is 34.2. The molecule has 1 aromatic rings. The van der Waals surface area contributed by atoms with Crippen LogP contribution in [0.2, 0.25) is 0 Å². The number of aromatic nitrogens is 2. The van der Waals surface area contributed by atoms with Crippen molar-refractivity contribution in [3.8, 4) is 0 Å². The van der Waals surface area contributed by atoms with Crippen LogP contribution in [0.5, 0.6) is 0 Å². The molecule has 0 aromatic carbocycles. The number of hydrogen-bond acceptors (Lipinski definition) is 9. The molecule has 52 heavy (non-hydrogen) atoms. The fraction of sp³-hybridized carbons (Fsp3) is 0.857. The van der Waals surface area contributed by atoms with E-state index in [0.717, 1.165) is 55.3 Å². The van der Waals surface area contributed by atoms with Crippen molar-refractivity contribution in [3.05, 3.63) is 29.1 Å². The summed E-state index contributed by atoms with van der Waals surface area (Å²) in [7, 11) is 0. The van der Waals surface area contributed by atoms with Gasteiger partial charge in [-0.1, -0.05) is 48.5 Å². The van der Waals surface area contributed by atoms with Gasteiger partial charge in [-0.25, -0.2) is 0 Å². The standard InChI is InChI=1S/C42H68N2O8/c1-11-30(23-45)32-15-14-24(4)37(49-32)28(8)35-27(7)36(44-43-35)31(12-2)38-25(5)22-26(6)41(50-38)19-16-33(46)42(52-41)21-20-39(10,51-42)34-17-18-40(47,13-3)29(9)48-34/h16,19,23-26,28-34,37-38,46-47H,11-15,17-18,20-22H2,1-10H3,(H,43,44)/t24-,25-,26+,28-,29-,30-,31-,32+,33+,34+,37+,38-,39-,40+,41-,42-/m0/s1. The summed E-state index contributed by atoms with van der Waals surface area (Å²) in [6.45, 7) is 21.3. The predicted octanol–water partition coefficient (Wildman–Crippen LogP) is 7.40. The Hall–Kier alpha value is -1.66. The zero-order valence-corrected chi connectivity index (χ0v) is 33.5. The van der Waals surface area contributed by atoms with Crippen molar-refractivity contribution >= 4 is 6.29 Å². The summed E-state index contributed by atoms with van der Waals surface area (Å²) in [5, 5.41) is 30.9. The first kappa shape index (κ1) is 40.0. The molecule has 0 radical (unpaired) electrons. The van der Waals surface area contributed by atoms with Crippen molar-refractivity contribution < 1.29 is 38.7 Å². The minimum absolute atomic E-state index is 0.00524. The van der Waals surface area contributed by atoms with Crippen molar-refractivity contribution in [2.45, 2.75) is 205 Å². The summed E-state index contributed by atoms with van der Waals surface area (Å²) in [4.78, 5) is 11.8. The van der Waals surface area contributed by atoms with Crippen LogP contribution >= 0.6 is 0 Å². The number of aliphatic hydroxyl groups is 2. The average Bonchev–Trinajstić information content (AvgIpc) is 3.67. The maximum Gasteiger partial charge on any atom is 0.202 e. The van der Waals surface area contributed by atoms with E-state index in [-0.39, 0.29) is 60.1 Å². The molecule has 1 aromatic heterocycles. The first-order valence-electron chi connectivity index (χ1n) is 20.6. The molecule has 2 spiro atoms. The van der Waals surface area contributed by atoms with Gasteiger partial charge in [-0.05, 0) is 108 Å². The number of carbonyl (C=O) groups is 1. The second-order valence-corrected chi connectivity index (χ2v) is 17.7. The number of nitrogens with zero attached hydrogens (tertiary/aromatic N) is 1. The highest BCUT2D eigenvalue weighted by molar-refractivity contribution is 5.54. The number of aldehydes is 1. The third kappa shape index (κ3) is 6.90. The number of aliphatic hydroxyl groups excluding tert-OH is 1. The maximum absolute atomic E-state index is 11.8. The third-order valence-corrected chi connectivity index (χ3v) is 14.4. The van der Waals surface area contributed by atoms with Gasteiger partial charge in [-0.2, -0.15) is 5.10 Å². The number of aromatic amines is 1. The lowest BCUT2D eigenvalue weighted by Crippen LogP contribution is -2.62. The van der Waals surface area contributed by atoms with E-state index < -0.39 is 28.9 Å². The van der Waals surface area contributed by atoms with Crippen molar-refractivity contribution in [1.82, 2.24) is 10.2 Å². The molecule has 4 fully saturated rings. The number of hydrogen-bond donors (Lipinski definition) is 3. The van der Waals surface area contributed by atoms with E-state index >= 15 is 0 Å². The lowest BCUT2D eigenvalue weighted by Gasteiger charge is -2.54. The van der Waals surface area contributed by atoms with E-state index in [1.165, 1.54) is 0 Å². The van der Waals surface area contributed by atoms with Gasteiger partial charge in [0.15, 0.2) is 5.79 Å². The Morgan fingerprint density at radius 2 is 1.75 bits per heavy atom.